The molecule has 1 aromatic carbocycles. The summed E-state index contributed by atoms with van der Waals surface area (Å²) in [7, 11) is 0. The fourth-order valence-corrected chi connectivity index (χ4v) is 1.53. The Balaban J connectivity index is 3.29. The first-order chi connectivity index (χ1) is 5.95. The number of alkyl halides is 2. The summed E-state index contributed by atoms with van der Waals surface area (Å²) in [6.07, 6.45) is 0. The molecule has 68 valence electrons. The minimum absolute atomic E-state index is 0.161. The van der Waals surface area contributed by atoms with Gasteiger partial charge in [0.05, 0.1) is 11.6 Å². The molecular weight excluding hydrogens is 240 g/mol. The van der Waals surface area contributed by atoms with Gasteiger partial charge in [0.2, 0.25) is 0 Å². The average molecular weight is 246 g/mol. The summed E-state index contributed by atoms with van der Waals surface area (Å²) in [5.41, 5.74) is 0.0753. The van der Waals surface area contributed by atoms with Crippen molar-refractivity contribution in [1.29, 1.82) is 5.26 Å². The summed E-state index contributed by atoms with van der Waals surface area (Å²) in [5.74, 6) is -2.92. The van der Waals surface area contributed by atoms with Crippen molar-refractivity contribution in [2.45, 2.75) is 12.8 Å². The Labute approximate surface area is 83.1 Å². The van der Waals surface area contributed by atoms with E-state index < -0.39 is 5.92 Å². The van der Waals surface area contributed by atoms with Gasteiger partial charge in [-0.1, -0.05) is 15.9 Å². The normalized spacial score (nSPS) is 11.0. The molecule has 0 heterocycles. The number of hydrogen-bond acceptors (Lipinski definition) is 1. The van der Waals surface area contributed by atoms with Crippen molar-refractivity contribution in [2.24, 2.45) is 0 Å². The molecule has 0 radical (unpaired) electrons. The van der Waals surface area contributed by atoms with E-state index in [0.717, 1.165) is 6.92 Å². The van der Waals surface area contributed by atoms with Crippen LogP contribution in [0.5, 0.6) is 0 Å². The van der Waals surface area contributed by atoms with Crippen LogP contribution in [0.15, 0.2) is 22.7 Å². The number of nitriles is 1. The van der Waals surface area contributed by atoms with E-state index in [0.29, 0.717) is 4.47 Å². The van der Waals surface area contributed by atoms with Crippen molar-refractivity contribution < 1.29 is 8.78 Å². The monoisotopic (exact) mass is 245 g/mol. The smallest absolute Gasteiger partial charge is 0.202 e. The molecule has 0 saturated heterocycles. The first-order valence-corrected chi connectivity index (χ1v) is 4.32. The molecule has 0 aliphatic rings. The zero-order valence-electron chi connectivity index (χ0n) is 6.81. The predicted octanol–water partition coefficient (Wildman–Crippen LogP) is 3.43. The summed E-state index contributed by atoms with van der Waals surface area (Å²) in [5, 5.41) is 8.51. The number of halogens is 3. The number of nitrogens with zero attached hydrogens (tertiary/aromatic N) is 1. The van der Waals surface area contributed by atoms with Gasteiger partial charge in [-0.05, 0) is 18.2 Å². The van der Waals surface area contributed by atoms with Gasteiger partial charge in [-0.15, -0.1) is 0 Å². The third kappa shape index (κ3) is 2.25. The lowest BCUT2D eigenvalue weighted by molar-refractivity contribution is 0.0167. The zero-order valence-corrected chi connectivity index (χ0v) is 8.40. The summed E-state index contributed by atoms with van der Waals surface area (Å²) in [4.78, 5) is 0. The molecule has 0 aromatic heterocycles. The lowest BCUT2D eigenvalue weighted by atomic mass is 10.1. The summed E-state index contributed by atoms with van der Waals surface area (Å²) < 4.78 is 26.1. The van der Waals surface area contributed by atoms with E-state index in [2.05, 4.69) is 15.9 Å². The van der Waals surface area contributed by atoms with E-state index in [1.54, 1.807) is 0 Å². The van der Waals surface area contributed by atoms with E-state index in [1.807, 2.05) is 6.07 Å². The lowest BCUT2D eigenvalue weighted by Gasteiger charge is -2.12. The van der Waals surface area contributed by atoms with Crippen molar-refractivity contribution in [2.75, 3.05) is 0 Å². The van der Waals surface area contributed by atoms with Crippen LogP contribution in [-0.2, 0) is 5.92 Å². The molecule has 13 heavy (non-hydrogen) atoms. The lowest BCUT2D eigenvalue weighted by Crippen LogP contribution is -2.08. The Hall–Kier alpha value is -0.950. The van der Waals surface area contributed by atoms with Crippen LogP contribution >= 0.6 is 15.9 Å². The van der Waals surface area contributed by atoms with Crippen molar-refractivity contribution in [3.8, 4) is 6.07 Å². The Morgan fingerprint density at radius 2 is 2.08 bits per heavy atom. The summed E-state index contributed by atoms with van der Waals surface area (Å²) >= 11 is 3.01. The molecular formula is C9H6BrF2N. The van der Waals surface area contributed by atoms with Gasteiger partial charge < -0.3 is 0 Å². The molecule has 4 heteroatoms. The van der Waals surface area contributed by atoms with Crippen LogP contribution in [0.2, 0.25) is 0 Å². The predicted molar refractivity (Wildman–Crippen MR) is 48.4 cm³/mol. The van der Waals surface area contributed by atoms with Crippen molar-refractivity contribution in [1.82, 2.24) is 0 Å². The topological polar surface area (TPSA) is 23.8 Å². The van der Waals surface area contributed by atoms with Crippen LogP contribution in [0, 0.1) is 11.3 Å². The molecule has 0 amide bonds. The molecule has 0 saturated carbocycles. The van der Waals surface area contributed by atoms with Gasteiger partial charge in [-0.3, -0.25) is 0 Å². The molecule has 0 spiro atoms. The van der Waals surface area contributed by atoms with Crippen LogP contribution in [0.25, 0.3) is 0 Å². The molecule has 1 rings (SSSR count). The van der Waals surface area contributed by atoms with E-state index in [4.69, 9.17) is 5.26 Å². The fraction of sp³-hybridized carbons (Fsp3) is 0.222. The van der Waals surface area contributed by atoms with Crippen LogP contribution in [-0.4, -0.2) is 0 Å². The van der Waals surface area contributed by atoms with Gasteiger partial charge in [0, 0.05) is 17.0 Å². The average Bonchev–Trinajstić information content (AvgIpc) is 2.03. The first-order valence-electron chi connectivity index (χ1n) is 3.53. The van der Waals surface area contributed by atoms with Crippen molar-refractivity contribution in [3.63, 3.8) is 0 Å². The maximum atomic E-state index is 12.9. The number of hydrogen-bond donors (Lipinski definition) is 0. The minimum atomic E-state index is -2.92. The highest BCUT2D eigenvalue weighted by molar-refractivity contribution is 9.10. The van der Waals surface area contributed by atoms with Crippen LogP contribution < -0.4 is 0 Å². The van der Waals surface area contributed by atoms with Crippen molar-refractivity contribution >= 4 is 15.9 Å². The third-order valence-corrected chi connectivity index (χ3v) is 2.26. The van der Waals surface area contributed by atoms with Gasteiger partial charge in [-0.25, -0.2) is 8.78 Å². The van der Waals surface area contributed by atoms with Crippen LogP contribution in [0.1, 0.15) is 18.1 Å². The van der Waals surface area contributed by atoms with Crippen LogP contribution in [0.4, 0.5) is 8.78 Å². The molecule has 0 bridgehead atoms. The molecule has 0 atom stereocenters. The maximum Gasteiger partial charge on any atom is 0.271 e. The first kappa shape index (κ1) is 10.1. The number of benzene rings is 1. The number of rotatable bonds is 1. The Kier molecular flexibility index (Phi) is 2.67. The summed E-state index contributed by atoms with van der Waals surface area (Å²) in [6, 6.07) is 5.93. The Bertz CT molecular complexity index is 363. The molecule has 0 aliphatic heterocycles. The molecule has 0 N–H and O–H groups in total. The fourth-order valence-electron chi connectivity index (χ4n) is 0.931. The van der Waals surface area contributed by atoms with E-state index in [9.17, 15) is 8.78 Å². The Morgan fingerprint density at radius 1 is 1.46 bits per heavy atom. The standard InChI is InChI=1S/C9H6BrF2N/c1-9(11,12)7-4-6(5-13)2-3-8(7)10/h2-4H,1H3. The highest BCUT2D eigenvalue weighted by Gasteiger charge is 2.27. The molecule has 0 fully saturated rings. The maximum absolute atomic E-state index is 12.9. The molecule has 1 nitrogen and oxygen atoms in total. The third-order valence-electron chi connectivity index (χ3n) is 1.57. The molecule has 1 aromatic rings. The SMILES string of the molecule is CC(F)(F)c1cc(C#N)ccc1Br. The van der Waals surface area contributed by atoms with E-state index in [1.165, 1.54) is 18.2 Å². The highest BCUT2D eigenvalue weighted by atomic mass is 79.9. The van der Waals surface area contributed by atoms with Gasteiger partial charge in [0.25, 0.3) is 5.92 Å². The molecule has 0 aliphatic carbocycles. The minimum Gasteiger partial charge on any atom is -0.202 e. The van der Waals surface area contributed by atoms with Crippen LogP contribution in [0.3, 0.4) is 0 Å². The van der Waals surface area contributed by atoms with E-state index in [-0.39, 0.29) is 11.1 Å². The Morgan fingerprint density at radius 3 is 2.54 bits per heavy atom. The summed E-state index contributed by atoms with van der Waals surface area (Å²) in [6.45, 7) is 0.800. The second-order valence-corrected chi connectivity index (χ2v) is 3.55. The zero-order chi connectivity index (χ0) is 10.1. The van der Waals surface area contributed by atoms with E-state index >= 15 is 0 Å². The second-order valence-electron chi connectivity index (χ2n) is 2.69. The molecule has 0 unspecified atom stereocenters. The highest BCUT2D eigenvalue weighted by Crippen LogP contribution is 2.33. The van der Waals surface area contributed by atoms with Gasteiger partial charge in [0.15, 0.2) is 0 Å². The largest absolute Gasteiger partial charge is 0.271 e. The second kappa shape index (κ2) is 3.43. The quantitative estimate of drug-likeness (QED) is 0.744. The van der Waals surface area contributed by atoms with Gasteiger partial charge in [-0.2, -0.15) is 5.26 Å². The van der Waals surface area contributed by atoms with Gasteiger partial charge >= 0.3 is 0 Å². The van der Waals surface area contributed by atoms with Gasteiger partial charge in [0.1, 0.15) is 0 Å². The van der Waals surface area contributed by atoms with Crippen molar-refractivity contribution in [3.05, 3.63) is 33.8 Å².